The maximum Gasteiger partial charge on any atom is 0.256 e. The Kier molecular flexibility index (Phi) is 7.19. The minimum absolute atomic E-state index is 0.0577. The van der Waals surface area contributed by atoms with Crippen LogP contribution in [0, 0.1) is 13.8 Å². The standard InChI is InChI=1S/C26H35N3O4S/c1-19-8-7-9-20(2)25(19)33-21-12-16-29(17-13-21)26(30)23-18-22(34(31,32)27(3)4)10-11-24(23)28-14-5-6-15-28/h7-11,18,21H,5-6,12-17H2,1-4H3. The highest BCUT2D eigenvalue weighted by molar-refractivity contribution is 7.89. The van der Waals surface area contributed by atoms with Crippen LogP contribution >= 0.6 is 0 Å². The first kappa shape index (κ1) is 24.5. The summed E-state index contributed by atoms with van der Waals surface area (Å²) in [5, 5.41) is 0. The Morgan fingerprint density at radius 2 is 1.59 bits per heavy atom. The second kappa shape index (κ2) is 9.96. The number of anilines is 1. The van der Waals surface area contributed by atoms with Crippen LogP contribution in [0.3, 0.4) is 0 Å². The van der Waals surface area contributed by atoms with Crippen LogP contribution < -0.4 is 9.64 Å². The summed E-state index contributed by atoms with van der Waals surface area (Å²) < 4.78 is 33.0. The number of benzene rings is 2. The van der Waals surface area contributed by atoms with E-state index >= 15 is 0 Å². The third-order valence-corrected chi connectivity index (χ3v) is 8.66. The second-order valence-corrected chi connectivity index (χ2v) is 11.6. The van der Waals surface area contributed by atoms with Crippen LogP contribution in [-0.2, 0) is 10.0 Å². The van der Waals surface area contributed by atoms with Crippen LogP contribution in [0.5, 0.6) is 5.75 Å². The van der Waals surface area contributed by atoms with Gasteiger partial charge in [0.1, 0.15) is 11.9 Å². The first-order valence-corrected chi connectivity index (χ1v) is 13.5. The molecule has 0 saturated carbocycles. The molecule has 2 fully saturated rings. The van der Waals surface area contributed by atoms with Crippen molar-refractivity contribution in [2.45, 2.75) is 50.5 Å². The number of sulfonamides is 1. The van der Waals surface area contributed by atoms with Gasteiger partial charge in [-0.05, 0) is 56.0 Å². The molecule has 0 bridgehead atoms. The van der Waals surface area contributed by atoms with E-state index < -0.39 is 10.0 Å². The lowest BCUT2D eigenvalue weighted by molar-refractivity contribution is 0.0593. The monoisotopic (exact) mass is 485 g/mol. The zero-order valence-electron chi connectivity index (χ0n) is 20.6. The van der Waals surface area contributed by atoms with Crippen molar-refractivity contribution < 1.29 is 17.9 Å². The van der Waals surface area contributed by atoms with Gasteiger partial charge in [-0.2, -0.15) is 0 Å². The minimum atomic E-state index is -3.63. The van der Waals surface area contributed by atoms with Gasteiger partial charge in [-0.1, -0.05) is 18.2 Å². The Bertz CT molecular complexity index is 1130. The van der Waals surface area contributed by atoms with E-state index in [1.54, 1.807) is 18.2 Å². The maximum atomic E-state index is 13.6. The highest BCUT2D eigenvalue weighted by Gasteiger charge is 2.30. The van der Waals surface area contributed by atoms with Crippen molar-refractivity contribution in [1.29, 1.82) is 0 Å². The Balaban J connectivity index is 1.54. The van der Waals surface area contributed by atoms with Gasteiger partial charge < -0.3 is 14.5 Å². The smallest absolute Gasteiger partial charge is 0.256 e. The number of para-hydroxylation sites is 1. The molecule has 2 heterocycles. The summed E-state index contributed by atoms with van der Waals surface area (Å²) in [6.07, 6.45) is 3.70. The van der Waals surface area contributed by atoms with Gasteiger partial charge in [0.25, 0.3) is 5.91 Å². The largest absolute Gasteiger partial charge is 0.490 e. The molecule has 1 amide bonds. The van der Waals surface area contributed by atoms with Crippen LogP contribution in [-0.4, -0.2) is 69.9 Å². The number of carbonyl (C=O) groups is 1. The van der Waals surface area contributed by atoms with Crippen molar-refractivity contribution in [2.75, 3.05) is 45.2 Å². The molecule has 2 aromatic rings. The molecule has 4 rings (SSSR count). The summed E-state index contributed by atoms with van der Waals surface area (Å²) in [6.45, 7) is 7.03. The van der Waals surface area contributed by atoms with Crippen LogP contribution in [0.2, 0.25) is 0 Å². The fourth-order valence-corrected chi connectivity index (χ4v) is 5.72. The van der Waals surface area contributed by atoms with Crippen molar-refractivity contribution in [3.05, 3.63) is 53.1 Å². The van der Waals surface area contributed by atoms with Gasteiger partial charge in [-0.25, -0.2) is 12.7 Å². The second-order valence-electron chi connectivity index (χ2n) is 9.49. The first-order chi connectivity index (χ1) is 16.2. The third kappa shape index (κ3) is 4.93. The van der Waals surface area contributed by atoms with Gasteiger partial charge in [-0.3, -0.25) is 4.79 Å². The van der Waals surface area contributed by atoms with Crippen LogP contribution in [0.15, 0.2) is 41.3 Å². The van der Waals surface area contributed by atoms with Gasteiger partial charge in [0, 0.05) is 58.8 Å². The van der Waals surface area contributed by atoms with E-state index in [2.05, 4.69) is 30.9 Å². The Labute approximate surface area is 203 Å². The van der Waals surface area contributed by atoms with E-state index in [9.17, 15) is 13.2 Å². The van der Waals surface area contributed by atoms with Crippen LogP contribution in [0.25, 0.3) is 0 Å². The lowest BCUT2D eigenvalue weighted by atomic mass is 10.0. The number of hydrogen-bond donors (Lipinski definition) is 0. The molecule has 2 aliphatic heterocycles. The highest BCUT2D eigenvalue weighted by Crippen LogP contribution is 2.31. The maximum absolute atomic E-state index is 13.6. The quantitative estimate of drug-likeness (QED) is 0.622. The number of nitrogens with zero attached hydrogens (tertiary/aromatic N) is 3. The van der Waals surface area contributed by atoms with Gasteiger partial charge in [0.15, 0.2) is 0 Å². The van der Waals surface area contributed by atoms with Crippen LogP contribution in [0.1, 0.15) is 47.2 Å². The van der Waals surface area contributed by atoms with E-state index in [4.69, 9.17) is 4.74 Å². The van der Waals surface area contributed by atoms with Crippen molar-refractivity contribution in [3.63, 3.8) is 0 Å². The lowest BCUT2D eigenvalue weighted by Crippen LogP contribution is -2.42. The summed E-state index contributed by atoms with van der Waals surface area (Å²) in [4.78, 5) is 17.8. The molecule has 0 radical (unpaired) electrons. The summed E-state index contributed by atoms with van der Waals surface area (Å²) in [5.41, 5.74) is 3.54. The fourth-order valence-electron chi connectivity index (χ4n) is 4.79. The number of carbonyl (C=O) groups excluding carboxylic acids is 1. The molecule has 0 aliphatic carbocycles. The summed E-state index contributed by atoms with van der Waals surface area (Å²) >= 11 is 0. The number of likely N-dealkylation sites (tertiary alicyclic amines) is 1. The van der Waals surface area contributed by atoms with E-state index in [0.717, 1.165) is 61.3 Å². The number of aryl methyl sites for hydroxylation is 2. The molecule has 0 spiro atoms. The Hall–Kier alpha value is -2.58. The van der Waals surface area contributed by atoms with Crippen molar-refractivity contribution in [2.24, 2.45) is 0 Å². The molecule has 184 valence electrons. The fraction of sp³-hybridized carbons (Fsp3) is 0.500. The Morgan fingerprint density at radius 3 is 2.18 bits per heavy atom. The minimum Gasteiger partial charge on any atom is -0.490 e. The predicted octanol–water partition coefficient (Wildman–Crippen LogP) is 3.84. The van der Waals surface area contributed by atoms with Gasteiger partial charge >= 0.3 is 0 Å². The zero-order chi connectivity index (χ0) is 24.5. The molecule has 7 nitrogen and oxygen atoms in total. The molecule has 2 aromatic carbocycles. The normalized spacial score (nSPS) is 17.4. The molecule has 2 aliphatic rings. The third-order valence-electron chi connectivity index (χ3n) is 6.85. The average molecular weight is 486 g/mol. The number of hydrogen-bond acceptors (Lipinski definition) is 5. The molecule has 2 saturated heterocycles. The van der Waals surface area contributed by atoms with Gasteiger partial charge in [0.05, 0.1) is 10.5 Å². The molecule has 0 atom stereocenters. The van der Waals surface area contributed by atoms with Gasteiger partial charge in [-0.15, -0.1) is 0 Å². The highest BCUT2D eigenvalue weighted by atomic mass is 32.2. The number of rotatable bonds is 6. The lowest BCUT2D eigenvalue weighted by Gasteiger charge is -2.34. The molecular formula is C26H35N3O4S. The SMILES string of the molecule is Cc1cccc(C)c1OC1CCN(C(=O)c2cc(S(=O)(=O)N(C)C)ccc2N2CCCC2)CC1. The molecule has 0 unspecified atom stereocenters. The molecule has 0 aromatic heterocycles. The summed E-state index contributed by atoms with van der Waals surface area (Å²) in [5.74, 6) is 0.827. The molecule has 0 N–H and O–H groups in total. The summed E-state index contributed by atoms with van der Waals surface area (Å²) in [6, 6.07) is 11.1. The average Bonchev–Trinajstić information content (AvgIpc) is 3.36. The number of piperidine rings is 1. The van der Waals surface area contributed by atoms with Crippen molar-refractivity contribution >= 4 is 21.6 Å². The first-order valence-electron chi connectivity index (χ1n) is 12.0. The molecule has 34 heavy (non-hydrogen) atoms. The van der Waals surface area contributed by atoms with Crippen molar-refractivity contribution in [3.8, 4) is 5.75 Å². The zero-order valence-corrected chi connectivity index (χ0v) is 21.4. The molecular weight excluding hydrogens is 450 g/mol. The molecule has 8 heteroatoms. The van der Waals surface area contributed by atoms with Crippen molar-refractivity contribution in [1.82, 2.24) is 9.21 Å². The van der Waals surface area contributed by atoms with E-state index in [1.165, 1.54) is 18.4 Å². The number of amides is 1. The summed E-state index contributed by atoms with van der Waals surface area (Å²) in [7, 11) is -0.619. The number of ether oxygens (including phenoxy) is 1. The van der Waals surface area contributed by atoms with Gasteiger partial charge in [0.2, 0.25) is 10.0 Å². The Morgan fingerprint density at radius 1 is 0.971 bits per heavy atom. The topological polar surface area (TPSA) is 70.2 Å². The van der Waals surface area contributed by atoms with Crippen LogP contribution in [0.4, 0.5) is 5.69 Å². The van der Waals surface area contributed by atoms with E-state index in [1.807, 2.05) is 11.0 Å². The van der Waals surface area contributed by atoms with E-state index in [0.29, 0.717) is 18.7 Å². The predicted molar refractivity (Wildman–Crippen MR) is 134 cm³/mol. The van der Waals surface area contributed by atoms with E-state index in [-0.39, 0.29) is 16.9 Å².